The molecular formula is C59H50N2. The molecule has 1 heterocycles. The van der Waals surface area contributed by atoms with E-state index < -0.39 is 0 Å². The van der Waals surface area contributed by atoms with Crippen LogP contribution in [-0.2, 0) is 10.8 Å². The van der Waals surface area contributed by atoms with Gasteiger partial charge in [0, 0.05) is 44.4 Å². The lowest BCUT2D eigenvalue weighted by Gasteiger charge is -2.61. The summed E-state index contributed by atoms with van der Waals surface area (Å²) in [5.74, 6) is 4.93. The number of aromatic nitrogens is 1. The highest BCUT2D eigenvalue weighted by Crippen LogP contribution is 2.70. The molecule has 296 valence electrons. The van der Waals surface area contributed by atoms with Crippen molar-refractivity contribution >= 4 is 38.9 Å². The van der Waals surface area contributed by atoms with Crippen molar-refractivity contribution in [2.75, 3.05) is 4.90 Å². The number of hydrogen-bond donors (Lipinski definition) is 0. The zero-order valence-corrected chi connectivity index (χ0v) is 34.7. The normalized spacial score (nSPS) is 29.2. The van der Waals surface area contributed by atoms with Gasteiger partial charge in [0.1, 0.15) is 0 Å². The molecule has 16 rings (SSSR count). The highest BCUT2D eigenvalue weighted by Gasteiger charge is 2.62. The molecule has 0 amide bonds. The van der Waals surface area contributed by atoms with E-state index >= 15 is 0 Å². The van der Waals surface area contributed by atoms with Gasteiger partial charge >= 0.3 is 0 Å². The van der Waals surface area contributed by atoms with Crippen molar-refractivity contribution in [3.63, 3.8) is 0 Å². The highest BCUT2D eigenvalue weighted by atomic mass is 15.1. The van der Waals surface area contributed by atoms with Crippen molar-refractivity contribution < 1.29 is 0 Å². The fourth-order valence-electron chi connectivity index (χ4n) is 16.2. The molecule has 6 bridgehead atoms. The Hall–Kier alpha value is -5.86. The number of benzene rings is 7. The van der Waals surface area contributed by atoms with Crippen molar-refractivity contribution in [1.29, 1.82) is 0 Å². The molecule has 3 unspecified atom stereocenters. The molecule has 61 heavy (non-hydrogen) atoms. The van der Waals surface area contributed by atoms with Gasteiger partial charge in [-0.3, -0.25) is 0 Å². The minimum Gasteiger partial charge on any atom is -0.310 e. The fourth-order valence-corrected chi connectivity index (χ4v) is 16.2. The SMILES string of the molecule is c1ccc(-n2c3ccccc3c3ccc(N(c4ccc5c(c4)-c4ccccc4C54C5CC6CC(C5)CC4C6)c4ccc5c(c4)C4(CC6CCC4C6)c4ccccc4-5)cc32)cc1. The van der Waals surface area contributed by atoms with Gasteiger partial charge < -0.3 is 9.47 Å². The Morgan fingerprint density at radius 1 is 0.410 bits per heavy atom. The van der Waals surface area contributed by atoms with Gasteiger partial charge in [-0.15, -0.1) is 0 Å². The second-order valence-electron chi connectivity index (χ2n) is 20.5. The molecular weight excluding hydrogens is 737 g/mol. The summed E-state index contributed by atoms with van der Waals surface area (Å²) < 4.78 is 2.48. The van der Waals surface area contributed by atoms with Gasteiger partial charge in [-0.2, -0.15) is 0 Å². The first-order chi connectivity index (χ1) is 30.2. The van der Waals surface area contributed by atoms with Gasteiger partial charge in [-0.1, -0.05) is 110 Å². The molecule has 3 atom stereocenters. The molecule has 8 aliphatic carbocycles. The van der Waals surface area contributed by atoms with Gasteiger partial charge in [0.05, 0.1) is 11.0 Å². The Morgan fingerprint density at radius 3 is 1.80 bits per heavy atom. The van der Waals surface area contributed by atoms with Gasteiger partial charge in [0.15, 0.2) is 0 Å². The minimum absolute atomic E-state index is 0.114. The Bertz CT molecular complexity index is 3120. The van der Waals surface area contributed by atoms with Gasteiger partial charge in [0.2, 0.25) is 0 Å². The first kappa shape index (κ1) is 33.8. The lowest BCUT2D eigenvalue weighted by Crippen LogP contribution is -2.55. The number of anilines is 3. The fraction of sp³-hybridized carbons (Fsp3) is 0.288. The summed E-state index contributed by atoms with van der Waals surface area (Å²) in [4.78, 5) is 2.63. The van der Waals surface area contributed by atoms with Crippen LogP contribution in [0.5, 0.6) is 0 Å². The van der Waals surface area contributed by atoms with E-state index in [9.17, 15) is 0 Å². The van der Waals surface area contributed by atoms with Crippen LogP contribution in [0.3, 0.4) is 0 Å². The summed E-state index contributed by atoms with van der Waals surface area (Å²) in [5, 5.41) is 2.59. The van der Waals surface area contributed by atoms with Crippen LogP contribution in [-0.4, -0.2) is 4.57 Å². The molecule has 8 aromatic rings. The van der Waals surface area contributed by atoms with Crippen LogP contribution < -0.4 is 4.90 Å². The summed E-state index contributed by atoms with van der Waals surface area (Å²) in [6.07, 6.45) is 12.5. The van der Waals surface area contributed by atoms with E-state index in [-0.39, 0.29) is 10.8 Å². The van der Waals surface area contributed by atoms with Crippen LogP contribution in [0.15, 0.2) is 158 Å². The molecule has 1 aromatic heterocycles. The molecule has 0 aliphatic heterocycles. The van der Waals surface area contributed by atoms with E-state index in [1.165, 1.54) is 125 Å². The number of para-hydroxylation sites is 2. The molecule has 2 spiro atoms. The summed E-state index contributed by atoms with van der Waals surface area (Å²) in [6.45, 7) is 0. The minimum atomic E-state index is 0.114. The van der Waals surface area contributed by atoms with E-state index in [0.717, 1.165) is 35.5 Å². The van der Waals surface area contributed by atoms with Crippen LogP contribution in [0, 0.1) is 35.5 Å². The summed E-state index contributed by atoms with van der Waals surface area (Å²) in [5.41, 5.74) is 20.0. The van der Waals surface area contributed by atoms with E-state index in [0.29, 0.717) is 0 Å². The molecule has 0 radical (unpaired) electrons. The number of rotatable bonds is 4. The standard InChI is InChI=1S/C59H50N2/c1-2-10-42(11-3-1)61-56-17-9-6-14-49(56)50-24-21-45(34-57(50)61)60(44-20-23-48-46-12-4-7-15-52(46)58(55(48)33-44)35-36-18-19-39(58)27-36)43-22-25-54-51(32-43)47-13-5-8-16-53(47)59(54)40-28-37-26-38(30-40)31-41(59)29-37/h1-17,20-25,32-34,36-41H,18-19,26-31,35H2. The summed E-state index contributed by atoms with van der Waals surface area (Å²) in [6, 6.07) is 61.5. The average molecular weight is 787 g/mol. The molecule has 2 heteroatoms. The zero-order valence-electron chi connectivity index (χ0n) is 34.7. The molecule has 0 saturated heterocycles. The number of nitrogens with zero attached hydrogens (tertiary/aromatic N) is 2. The predicted octanol–water partition coefficient (Wildman–Crippen LogP) is 15.1. The molecule has 7 aromatic carbocycles. The van der Waals surface area contributed by atoms with E-state index in [1.807, 2.05) is 0 Å². The van der Waals surface area contributed by atoms with Gasteiger partial charge in [-0.05, 0) is 186 Å². The largest absolute Gasteiger partial charge is 0.310 e. The van der Waals surface area contributed by atoms with Crippen molar-refractivity contribution in [2.45, 2.75) is 68.6 Å². The molecule has 6 fully saturated rings. The van der Waals surface area contributed by atoms with Crippen LogP contribution in [0.25, 0.3) is 49.7 Å². The molecule has 8 aliphatic rings. The second-order valence-corrected chi connectivity index (χ2v) is 20.5. The van der Waals surface area contributed by atoms with Crippen LogP contribution in [0.1, 0.15) is 80.0 Å². The zero-order chi connectivity index (χ0) is 39.6. The van der Waals surface area contributed by atoms with Crippen LogP contribution in [0.4, 0.5) is 17.1 Å². The molecule has 2 nitrogen and oxygen atoms in total. The van der Waals surface area contributed by atoms with Gasteiger partial charge in [0.25, 0.3) is 0 Å². The predicted molar refractivity (Wildman–Crippen MR) is 250 cm³/mol. The monoisotopic (exact) mass is 786 g/mol. The maximum Gasteiger partial charge on any atom is 0.0561 e. The third kappa shape index (κ3) is 4.25. The van der Waals surface area contributed by atoms with Crippen molar-refractivity contribution in [2.24, 2.45) is 35.5 Å². The van der Waals surface area contributed by atoms with Gasteiger partial charge in [-0.25, -0.2) is 0 Å². The lowest BCUT2D eigenvalue weighted by atomic mass is 9.43. The van der Waals surface area contributed by atoms with E-state index in [1.54, 1.807) is 22.3 Å². The number of fused-ring (bicyclic) bond motifs is 14. The molecule has 0 N–H and O–H groups in total. The van der Waals surface area contributed by atoms with Crippen LogP contribution >= 0.6 is 0 Å². The maximum atomic E-state index is 2.65. The Morgan fingerprint density at radius 2 is 1.02 bits per heavy atom. The first-order valence-electron chi connectivity index (χ1n) is 23.5. The van der Waals surface area contributed by atoms with Crippen molar-refractivity contribution in [1.82, 2.24) is 4.57 Å². The first-order valence-corrected chi connectivity index (χ1v) is 23.5. The van der Waals surface area contributed by atoms with Crippen molar-refractivity contribution in [3.8, 4) is 27.9 Å². The van der Waals surface area contributed by atoms with Crippen molar-refractivity contribution in [3.05, 3.63) is 180 Å². The Labute approximate surface area is 358 Å². The van der Waals surface area contributed by atoms with E-state index in [2.05, 4.69) is 167 Å². The number of hydrogen-bond acceptors (Lipinski definition) is 1. The third-order valence-corrected chi connectivity index (χ3v) is 18.0. The Balaban J connectivity index is 0.972. The third-order valence-electron chi connectivity index (χ3n) is 18.0. The smallest absolute Gasteiger partial charge is 0.0561 e. The summed E-state index contributed by atoms with van der Waals surface area (Å²) >= 11 is 0. The quantitative estimate of drug-likeness (QED) is 0.172. The van der Waals surface area contributed by atoms with Crippen LogP contribution in [0.2, 0.25) is 0 Å². The van der Waals surface area contributed by atoms with E-state index in [4.69, 9.17) is 0 Å². The average Bonchev–Trinajstić information content (AvgIpc) is 4.12. The molecule has 6 saturated carbocycles. The lowest BCUT2D eigenvalue weighted by molar-refractivity contribution is -0.0399. The topological polar surface area (TPSA) is 8.17 Å². The summed E-state index contributed by atoms with van der Waals surface area (Å²) in [7, 11) is 0. The highest BCUT2D eigenvalue weighted by molar-refractivity contribution is 6.10. The Kier molecular flexibility index (Phi) is 6.62. The maximum absolute atomic E-state index is 2.65. The second kappa shape index (κ2) is 11.9.